The topological polar surface area (TPSA) is 60.9 Å². The highest BCUT2D eigenvalue weighted by Crippen LogP contribution is 2.27. The Morgan fingerprint density at radius 3 is 2.30 bits per heavy atom. The van der Waals surface area contributed by atoms with E-state index in [9.17, 15) is 14.0 Å². The Kier molecular flexibility index (Phi) is 5.23. The molecule has 126 valence electrons. The van der Waals surface area contributed by atoms with Crippen molar-refractivity contribution in [3.63, 3.8) is 0 Å². The second-order valence-electron chi connectivity index (χ2n) is 6.73. The summed E-state index contributed by atoms with van der Waals surface area (Å²) < 4.78 is 13.8. The summed E-state index contributed by atoms with van der Waals surface area (Å²) in [6.45, 7) is 5.77. The molecule has 1 fully saturated rings. The lowest BCUT2D eigenvalue weighted by Gasteiger charge is -2.37. The van der Waals surface area contributed by atoms with E-state index in [1.54, 1.807) is 36.9 Å². The molecular weight excluding hydrogens is 299 g/mol. The first-order valence-corrected chi connectivity index (χ1v) is 7.77. The van der Waals surface area contributed by atoms with Gasteiger partial charge >= 0.3 is 5.97 Å². The molecule has 1 aliphatic rings. The molecular formula is C17H23FN2O3. The number of hydrogen-bond acceptors (Lipinski definition) is 3. The maximum absolute atomic E-state index is 13.8. The molecule has 0 saturated carbocycles. The molecule has 0 bridgehead atoms. The number of amides is 1. The van der Waals surface area contributed by atoms with Crippen molar-refractivity contribution in [2.24, 2.45) is 5.41 Å². The Bertz CT molecular complexity index is 581. The van der Waals surface area contributed by atoms with Crippen molar-refractivity contribution in [3.8, 4) is 0 Å². The zero-order valence-corrected chi connectivity index (χ0v) is 13.6. The Morgan fingerprint density at radius 2 is 1.74 bits per heavy atom. The van der Waals surface area contributed by atoms with Crippen LogP contribution in [0.4, 0.5) is 10.1 Å². The fraction of sp³-hybridized carbons (Fsp3) is 0.529. The zero-order chi connectivity index (χ0) is 17.0. The van der Waals surface area contributed by atoms with E-state index in [-0.39, 0.29) is 24.6 Å². The second kappa shape index (κ2) is 6.98. The van der Waals surface area contributed by atoms with Crippen molar-refractivity contribution in [2.75, 3.05) is 31.1 Å². The first-order valence-electron chi connectivity index (χ1n) is 7.77. The first-order chi connectivity index (χ1) is 10.8. The van der Waals surface area contributed by atoms with E-state index in [2.05, 4.69) is 0 Å². The second-order valence-corrected chi connectivity index (χ2v) is 6.73. The molecule has 0 radical (unpaired) electrons. The third kappa shape index (κ3) is 4.68. The quantitative estimate of drug-likeness (QED) is 0.904. The monoisotopic (exact) mass is 322 g/mol. The van der Waals surface area contributed by atoms with Crippen molar-refractivity contribution in [1.29, 1.82) is 0 Å². The highest BCUT2D eigenvalue weighted by atomic mass is 19.1. The van der Waals surface area contributed by atoms with Gasteiger partial charge in [0.25, 0.3) is 0 Å². The van der Waals surface area contributed by atoms with Crippen LogP contribution in [-0.2, 0) is 9.59 Å². The van der Waals surface area contributed by atoms with Crippen LogP contribution in [0, 0.1) is 11.2 Å². The molecule has 0 aromatic heterocycles. The fourth-order valence-corrected chi connectivity index (χ4v) is 2.90. The van der Waals surface area contributed by atoms with Gasteiger partial charge < -0.3 is 14.9 Å². The number of halogens is 1. The molecule has 1 aromatic rings. The lowest BCUT2D eigenvalue weighted by Crippen LogP contribution is -2.49. The number of anilines is 1. The minimum atomic E-state index is -0.896. The Balaban J connectivity index is 1.90. The standard InChI is InChI=1S/C17H23FN2O3/c1-17(2,12-16(22)23)11-15(21)20-9-7-19(8-10-20)14-6-4-3-5-13(14)18/h3-6H,7-12H2,1-2H3,(H,22,23). The van der Waals surface area contributed by atoms with E-state index in [1.807, 2.05) is 4.90 Å². The van der Waals surface area contributed by atoms with Gasteiger partial charge in [-0.15, -0.1) is 0 Å². The van der Waals surface area contributed by atoms with Gasteiger partial charge in [-0.2, -0.15) is 0 Å². The van der Waals surface area contributed by atoms with E-state index >= 15 is 0 Å². The number of aliphatic carboxylic acids is 1. The summed E-state index contributed by atoms with van der Waals surface area (Å²) in [7, 11) is 0. The number of carboxylic acid groups (broad SMARTS) is 1. The van der Waals surface area contributed by atoms with Crippen LogP contribution in [0.5, 0.6) is 0 Å². The summed E-state index contributed by atoms with van der Waals surface area (Å²) in [6.07, 6.45) is 0.174. The van der Waals surface area contributed by atoms with E-state index in [4.69, 9.17) is 5.11 Å². The number of nitrogens with zero attached hydrogens (tertiary/aromatic N) is 2. The highest BCUT2D eigenvalue weighted by molar-refractivity contribution is 5.78. The Labute approximate surface area is 135 Å². The molecule has 6 heteroatoms. The smallest absolute Gasteiger partial charge is 0.303 e. The molecule has 0 spiro atoms. The molecule has 1 aromatic carbocycles. The summed E-state index contributed by atoms with van der Waals surface area (Å²) in [6, 6.07) is 6.62. The van der Waals surface area contributed by atoms with Gasteiger partial charge in [0.1, 0.15) is 5.82 Å². The molecule has 5 nitrogen and oxygen atoms in total. The first kappa shape index (κ1) is 17.2. The lowest BCUT2D eigenvalue weighted by atomic mass is 9.85. The number of para-hydroxylation sites is 1. The Hall–Kier alpha value is -2.11. The largest absolute Gasteiger partial charge is 0.481 e. The summed E-state index contributed by atoms with van der Waals surface area (Å²) in [5, 5.41) is 8.89. The summed E-state index contributed by atoms with van der Waals surface area (Å²) in [4.78, 5) is 26.9. The molecule has 0 aliphatic carbocycles. The number of piperazine rings is 1. The number of carbonyl (C=O) groups excluding carboxylic acids is 1. The van der Waals surface area contributed by atoms with Crippen LogP contribution in [0.2, 0.25) is 0 Å². The molecule has 1 saturated heterocycles. The third-order valence-corrected chi connectivity index (χ3v) is 4.09. The van der Waals surface area contributed by atoms with Crippen LogP contribution >= 0.6 is 0 Å². The van der Waals surface area contributed by atoms with Gasteiger partial charge in [-0.25, -0.2) is 4.39 Å². The van der Waals surface area contributed by atoms with Gasteiger partial charge in [-0.05, 0) is 17.5 Å². The van der Waals surface area contributed by atoms with Crippen LogP contribution in [0.3, 0.4) is 0 Å². The molecule has 2 rings (SSSR count). The minimum absolute atomic E-state index is 0.0338. The molecule has 23 heavy (non-hydrogen) atoms. The molecule has 0 unspecified atom stereocenters. The van der Waals surface area contributed by atoms with Crippen LogP contribution in [0.15, 0.2) is 24.3 Å². The summed E-state index contributed by atoms with van der Waals surface area (Å²) in [5.41, 5.74) is -0.00297. The lowest BCUT2D eigenvalue weighted by molar-refractivity contribution is -0.140. The molecule has 1 N–H and O–H groups in total. The van der Waals surface area contributed by atoms with Crippen LogP contribution < -0.4 is 4.90 Å². The maximum Gasteiger partial charge on any atom is 0.303 e. The minimum Gasteiger partial charge on any atom is -0.481 e. The summed E-state index contributed by atoms with van der Waals surface area (Å²) >= 11 is 0. The van der Waals surface area contributed by atoms with Gasteiger partial charge in [0, 0.05) is 32.6 Å². The summed E-state index contributed by atoms with van der Waals surface area (Å²) in [5.74, 6) is -1.19. The van der Waals surface area contributed by atoms with Crippen LogP contribution in [0.25, 0.3) is 0 Å². The van der Waals surface area contributed by atoms with E-state index in [0.717, 1.165) is 0 Å². The van der Waals surface area contributed by atoms with Gasteiger partial charge in [0.2, 0.25) is 5.91 Å². The van der Waals surface area contributed by atoms with Gasteiger partial charge in [-0.3, -0.25) is 9.59 Å². The average Bonchev–Trinajstić information content (AvgIpc) is 2.46. The third-order valence-electron chi connectivity index (χ3n) is 4.09. The van der Waals surface area contributed by atoms with Crippen molar-refractivity contribution >= 4 is 17.6 Å². The molecule has 1 heterocycles. The average molecular weight is 322 g/mol. The predicted molar refractivity (Wildman–Crippen MR) is 85.8 cm³/mol. The number of carboxylic acids is 1. The van der Waals surface area contributed by atoms with E-state index in [1.165, 1.54) is 6.07 Å². The predicted octanol–water partition coefficient (Wildman–Crippen LogP) is 2.37. The van der Waals surface area contributed by atoms with Crippen molar-refractivity contribution in [1.82, 2.24) is 4.90 Å². The SMILES string of the molecule is CC(C)(CC(=O)O)CC(=O)N1CCN(c2ccccc2F)CC1. The number of hydrogen-bond donors (Lipinski definition) is 1. The van der Waals surface area contributed by atoms with Crippen molar-refractivity contribution < 1.29 is 19.1 Å². The molecule has 1 aliphatic heterocycles. The van der Waals surface area contributed by atoms with Crippen molar-refractivity contribution in [2.45, 2.75) is 26.7 Å². The normalized spacial score (nSPS) is 15.6. The van der Waals surface area contributed by atoms with Crippen molar-refractivity contribution in [3.05, 3.63) is 30.1 Å². The zero-order valence-electron chi connectivity index (χ0n) is 13.6. The van der Waals surface area contributed by atoms with Crippen LogP contribution in [0.1, 0.15) is 26.7 Å². The Morgan fingerprint density at radius 1 is 1.13 bits per heavy atom. The van der Waals surface area contributed by atoms with E-state index in [0.29, 0.717) is 31.9 Å². The van der Waals surface area contributed by atoms with Gasteiger partial charge in [0.15, 0.2) is 0 Å². The molecule has 1 amide bonds. The van der Waals surface area contributed by atoms with Gasteiger partial charge in [-0.1, -0.05) is 26.0 Å². The molecule has 0 atom stereocenters. The number of carbonyl (C=O) groups is 2. The van der Waals surface area contributed by atoms with Gasteiger partial charge in [0.05, 0.1) is 12.1 Å². The maximum atomic E-state index is 13.8. The fourth-order valence-electron chi connectivity index (χ4n) is 2.90. The number of benzene rings is 1. The van der Waals surface area contributed by atoms with Crippen LogP contribution in [-0.4, -0.2) is 48.1 Å². The highest BCUT2D eigenvalue weighted by Gasteiger charge is 2.29. The number of rotatable bonds is 5. The van der Waals surface area contributed by atoms with E-state index < -0.39 is 11.4 Å².